The van der Waals surface area contributed by atoms with Crippen LogP contribution in [0.3, 0.4) is 0 Å². The van der Waals surface area contributed by atoms with Crippen molar-refractivity contribution in [2.24, 2.45) is 5.92 Å². The van der Waals surface area contributed by atoms with Crippen molar-refractivity contribution in [3.8, 4) is 0 Å². The molecule has 100 valence electrons. The molecule has 0 bridgehead atoms. The maximum atomic E-state index is 12.0. The van der Waals surface area contributed by atoms with Gasteiger partial charge in [-0.05, 0) is 27.0 Å². The van der Waals surface area contributed by atoms with Crippen LogP contribution in [0.4, 0.5) is 0 Å². The first-order valence-electron chi connectivity index (χ1n) is 5.69. The monoisotopic (exact) mass is 261 g/mol. The van der Waals surface area contributed by atoms with Gasteiger partial charge in [-0.1, -0.05) is 6.92 Å². The standard InChI is InChI=1S/C12H23NO3S/c1-8(11(15)16)6-10(14)9(7-17-5)13-12(2,3)4/h8-9,13H,6-7H2,1-5H3,(H,15,16)/t8-,9+/m1/s1. The first-order valence-corrected chi connectivity index (χ1v) is 7.09. The molecule has 0 aliphatic rings. The highest BCUT2D eigenvalue weighted by atomic mass is 32.2. The van der Waals surface area contributed by atoms with Crippen molar-refractivity contribution >= 4 is 23.5 Å². The zero-order chi connectivity index (χ0) is 13.6. The topological polar surface area (TPSA) is 66.4 Å². The number of carboxylic acids is 1. The molecule has 5 heteroatoms. The third-order valence-corrected chi connectivity index (χ3v) is 2.92. The number of hydrogen-bond acceptors (Lipinski definition) is 4. The summed E-state index contributed by atoms with van der Waals surface area (Å²) < 4.78 is 0. The molecule has 0 aliphatic heterocycles. The van der Waals surface area contributed by atoms with Crippen LogP contribution in [0.1, 0.15) is 34.1 Å². The molecule has 0 unspecified atom stereocenters. The zero-order valence-electron chi connectivity index (χ0n) is 11.2. The van der Waals surface area contributed by atoms with E-state index in [9.17, 15) is 9.59 Å². The second kappa shape index (κ2) is 7.01. The van der Waals surface area contributed by atoms with E-state index in [1.807, 2.05) is 27.0 Å². The molecule has 0 radical (unpaired) electrons. The minimum absolute atomic E-state index is 0.0239. The minimum atomic E-state index is -0.919. The van der Waals surface area contributed by atoms with Crippen LogP contribution in [0.2, 0.25) is 0 Å². The maximum absolute atomic E-state index is 12.0. The summed E-state index contributed by atoms with van der Waals surface area (Å²) in [7, 11) is 0. The Kier molecular flexibility index (Phi) is 6.78. The van der Waals surface area contributed by atoms with Gasteiger partial charge in [0.2, 0.25) is 0 Å². The number of nitrogens with one attached hydrogen (secondary N) is 1. The van der Waals surface area contributed by atoms with Gasteiger partial charge in [0.15, 0.2) is 5.78 Å². The Hall–Kier alpha value is -0.550. The van der Waals surface area contributed by atoms with E-state index in [4.69, 9.17) is 5.11 Å². The summed E-state index contributed by atoms with van der Waals surface area (Å²) in [6, 6.07) is -0.271. The molecule has 0 aromatic heterocycles. The van der Waals surface area contributed by atoms with Crippen LogP contribution < -0.4 is 5.32 Å². The Labute approximate surface area is 108 Å². The summed E-state index contributed by atoms with van der Waals surface area (Å²) in [6.07, 6.45) is 2.02. The van der Waals surface area contributed by atoms with Gasteiger partial charge in [0.1, 0.15) is 0 Å². The van der Waals surface area contributed by atoms with Gasteiger partial charge in [0, 0.05) is 17.7 Å². The number of Topliss-reactive ketones (excluding diaryl/α,β-unsaturated/α-hetero) is 1. The first kappa shape index (κ1) is 16.4. The van der Waals surface area contributed by atoms with Gasteiger partial charge in [0.25, 0.3) is 0 Å². The van der Waals surface area contributed by atoms with Gasteiger partial charge in [-0.25, -0.2) is 0 Å². The average Bonchev–Trinajstić information content (AvgIpc) is 2.14. The fraction of sp³-hybridized carbons (Fsp3) is 0.833. The number of carbonyl (C=O) groups excluding carboxylic acids is 1. The van der Waals surface area contributed by atoms with Crippen molar-refractivity contribution < 1.29 is 14.7 Å². The van der Waals surface area contributed by atoms with Gasteiger partial charge in [-0.2, -0.15) is 11.8 Å². The molecule has 2 atom stereocenters. The van der Waals surface area contributed by atoms with Crippen LogP contribution in [-0.2, 0) is 9.59 Å². The highest BCUT2D eigenvalue weighted by Gasteiger charge is 2.26. The van der Waals surface area contributed by atoms with Crippen LogP contribution in [0.5, 0.6) is 0 Å². The molecule has 0 heterocycles. The summed E-state index contributed by atoms with van der Waals surface area (Å²) in [5.74, 6) is -0.891. The Morgan fingerprint density at radius 1 is 1.35 bits per heavy atom. The molecular weight excluding hydrogens is 238 g/mol. The number of aliphatic carboxylic acids is 1. The fourth-order valence-corrected chi connectivity index (χ4v) is 2.04. The molecule has 4 nitrogen and oxygen atoms in total. The molecule has 0 fully saturated rings. The lowest BCUT2D eigenvalue weighted by Gasteiger charge is -2.27. The van der Waals surface area contributed by atoms with Crippen LogP contribution in [0.15, 0.2) is 0 Å². The van der Waals surface area contributed by atoms with Gasteiger partial charge < -0.3 is 10.4 Å². The second-order valence-electron chi connectivity index (χ2n) is 5.31. The van der Waals surface area contributed by atoms with Crippen LogP contribution in [0.25, 0.3) is 0 Å². The Morgan fingerprint density at radius 3 is 2.24 bits per heavy atom. The predicted molar refractivity (Wildman–Crippen MR) is 71.5 cm³/mol. The van der Waals surface area contributed by atoms with Gasteiger partial charge >= 0.3 is 5.97 Å². The van der Waals surface area contributed by atoms with Gasteiger partial charge in [-0.3, -0.25) is 9.59 Å². The molecule has 0 rings (SSSR count). The Balaban J connectivity index is 4.49. The van der Waals surface area contributed by atoms with Crippen LogP contribution >= 0.6 is 11.8 Å². The largest absolute Gasteiger partial charge is 0.481 e. The van der Waals surface area contributed by atoms with Crippen LogP contribution in [0, 0.1) is 5.92 Å². The van der Waals surface area contributed by atoms with E-state index >= 15 is 0 Å². The fourth-order valence-electron chi connectivity index (χ4n) is 1.44. The quantitative estimate of drug-likeness (QED) is 0.731. The third kappa shape index (κ3) is 7.39. The smallest absolute Gasteiger partial charge is 0.306 e. The number of carbonyl (C=O) groups is 2. The van der Waals surface area contributed by atoms with Crippen molar-refractivity contribution in [1.82, 2.24) is 5.32 Å². The van der Waals surface area contributed by atoms with Gasteiger partial charge in [0.05, 0.1) is 12.0 Å². The molecule has 0 saturated carbocycles. The number of thioether (sulfide) groups is 1. The molecular formula is C12H23NO3S. The minimum Gasteiger partial charge on any atom is -0.481 e. The summed E-state index contributed by atoms with van der Waals surface area (Å²) in [5.41, 5.74) is -0.150. The molecule has 0 amide bonds. The lowest BCUT2D eigenvalue weighted by molar-refractivity contribution is -0.143. The van der Waals surface area contributed by atoms with E-state index in [0.29, 0.717) is 5.75 Å². The molecule has 17 heavy (non-hydrogen) atoms. The zero-order valence-corrected chi connectivity index (χ0v) is 12.1. The summed E-state index contributed by atoms with van der Waals surface area (Å²) in [5, 5.41) is 12.0. The molecule has 0 aliphatic carbocycles. The van der Waals surface area contributed by atoms with E-state index in [1.54, 1.807) is 18.7 Å². The lowest BCUT2D eigenvalue weighted by atomic mass is 9.99. The number of carboxylic acid groups (broad SMARTS) is 1. The highest BCUT2D eigenvalue weighted by Crippen LogP contribution is 2.11. The van der Waals surface area contributed by atoms with Crippen molar-refractivity contribution in [3.05, 3.63) is 0 Å². The van der Waals surface area contributed by atoms with E-state index in [2.05, 4.69) is 5.32 Å². The maximum Gasteiger partial charge on any atom is 0.306 e. The van der Waals surface area contributed by atoms with E-state index in [-0.39, 0.29) is 23.8 Å². The summed E-state index contributed by atoms with van der Waals surface area (Å²) in [6.45, 7) is 7.55. The molecule has 2 N–H and O–H groups in total. The lowest BCUT2D eigenvalue weighted by Crippen LogP contribution is -2.49. The highest BCUT2D eigenvalue weighted by molar-refractivity contribution is 7.98. The van der Waals surface area contributed by atoms with Crippen molar-refractivity contribution in [2.45, 2.75) is 45.7 Å². The number of hydrogen-bond donors (Lipinski definition) is 2. The summed E-state index contributed by atoms with van der Waals surface area (Å²) >= 11 is 1.58. The van der Waals surface area contributed by atoms with E-state index in [0.717, 1.165) is 0 Å². The first-order chi connectivity index (χ1) is 7.67. The molecule has 0 aromatic rings. The number of rotatable bonds is 7. The summed E-state index contributed by atoms with van der Waals surface area (Å²) in [4.78, 5) is 22.7. The molecule has 0 saturated heterocycles. The average molecular weight is 261 g/mol. The Bertz CT molecular complexity index is 273. The molecule has 0 aromatic carbocycles. The molecule has 0 spiro atoms. The second-order valence-corrected chi connectivity index (χ2v) is 6.22. The van der Waals surface area contributed by atoms with E-state index < -0.39 is 11.9 Å². The van der Waals surface area contributed by atoms with Crippen LogP contribution in [-0.4, -0.2) is 40.4 Å². The normalized spacial score (nSPS) is 15.4. The van der Waals surface area contributed by atoms with E-state index in [1.165, 1.54) is 0 Å². The van der Waals surface area contributed by atoms with Crippen molar-refractivity contribution in [1.29, 1.82) is 0 Å². The third-order valence-electron chi connectivity index (χ3n) is 2.26. The number of ketones is 1. The SMILES string of the molecule is CSC[C@H](NC(C)(C)C)C(=O)C[C@@H](C)C(=O)O. The predicted octanol–water partition coefficient (Wildman–Crippen LogP) is 1.79. The van der Waals surface area contributed by atoms with Gasteiger partial charge in [-0.15, -0.1) is 0 Å². The Morgan fingerprint density at radius 2 is 1.88 bits per heavy atom. The van der Waals surface area contributed by atoms with Crippen molar-refractivity contribution in [3.63, 3.8) is 0 Å². The van der Waals surface area contributed by atoms with Crippen molar-refractivity contribution in [2.75, 3.05) is 12.0 Å².